The summed E-state index contributed by atoms with van der Waals surface area (Å²) in [7, 11) is 1.36. The van der Waals surface area contributed by atoms with Crippen LogP contribution in [0.25, 0.3) is 5.57 Å². The Bertz CT molecular complexity index is 437. The number of fused-ring (bicyclic) bond motifs is 1. The number of allylic oxidation sites excluding steroid dienone is 1. The molecule has 2 rings (SSSR count). The third kappa shape index (κ3) is 1.99. The number of methoxy groups -OCH3 is 1. The first kappa shape index (κ1) is 10.9. The second-order valence-corrected chi connectivity index (χ2v) is 3.92. The van der Waals surface area contributed by atoms with Gasteiger partial charge in [-0.25, -0.2) is 0 Å². The van der Waals surface area contributed by atoms with Crippen LogP contribution in [0.15, 0.2) is 30.3 Å². The molecule has 0 aromatic heterocycles. The molecule has 16 heavy (non-hydrogen) atoms. The maximum atomic E-state index is 11.2. The number of carbonyl (C=O) groups excluding carboxylic acids is 1. The van der Waals surface area contributed by atoms with Crippen LogP contribution in [0, 0.1) is 0 Å². The molecule has 3 nitrogen and oxygen atoms in total. The molecule has 0 amide bonds. The van der Waals surface area contributed by atoms with Crippen LogP contribution in [0.1, 0.15) is 17.5 Å². The highest BCUT2D eigenvalue weighted by Crippen LogP contribution is 2.30. The second kappa shape index (κ2) is 4.49. The minimum absolute atomic E-state index is 0.356. The summed E-state index contributed by atoms with van der Waals surface area (Å²) in [6.45, 7) is 0. The minimum Gasteiger partial charge on any atom is -0.468 e. The second-order valence-electron chi connectivity index (χ2n) is 3.92. The summed E-state index contributed by atoms with van der Waals surface area (Å²) in [6.07, 6.45) is 3.61. The Morgan fingerprint density at radius 1 is 1.50 bits per heavy atom. The van der Waals surface area contributed by atoms with Gasteiger partial charge in [0, 0.05) is 0 Å². The number of ether oxygens (including phenoxy) is 1. The zero-order valence-electron chi connectivity index (χ0n) is 9.27. The van der Waals surface area contributed by atoms with E-state index in [4.69, 9.17) is 5.73 Å². The van der Waals surface area contributed by atoms with Crippen molar-refractivity contribution >= 4 is 11.5 Å². The highest BCUT2D eigenvalue weighted by Gasteiger charge is 2.20. The summed E-state index contributed by atoms with van der Waals surface area (Å²) in [4.78, 5) is 11.2. The van der Waals surface area contributed by atoms with Gasteiger partial charge in [-0.05, 0) is 29.5 Å². The van der Waals surface area contributed by atoms with Crippen molar-refractivity contribution < 1.29 is 9.53 Å². The van der Waals surface area contributed by atoms with Crippen molar-refractivity contribution in [2.75, 3.05) is 7.11 Å². The summed E-state index contributed by atoms with van der Waals surface area (Å²) in [5, 5.41) is 0. The fraction of sp³-hybridized carbons (Fsp3) is 0.308. The lowest BCUT2D eigenvalue weighted by molar-refractivity contribution is -0.142. The van der Waals surface area contributed by atoms with Gasteiger partial charge in [-0.15, -0.1) is 0 Å². The van der Waals surface area contributed by atoms with Crippen LogP contribution in [0.3, 0.4) is 0 Å². The molecule has 0 fully saturated rings. The van der Waals surface area contributed by atoms with Crippen LogP contribution in [0.5, 0.6) is 0 Å². The van der Waals surface area contributed by atoms with E-state index in [0.29, 0.717) is 6.42 Å². The molecule has 0 radical (unpaired) electrons. The molecule has 1 aliphatic rings. The summed E-state index contributed by atoms with van der Waals surface area (Å²) in [6, 6.07) is 7.63. The first-order valence-electron chi connectivity index (χ1n) is 5.33. The Kier molecular flexibility index (Phi) is 3.06. The van der Waals surface area contributed by atoms with Gasteiger partial charge in [0.15, 0.2) is 0 Å². The molecular formula is C13H15NO2. The molecule has 3 heteroatoms. The van der Waals surface area contributed by atoms with Gasteiger partial charge in [0.25, 0.3) is 0 Å². The third-order valence-corrected chi connectivity index (χ3v) is 2.88. The fourth-order valence-electron chi connectivity index (χ4n) is 2.02. The topological polar surface area (TPSA) is 52.3 Å². The molecule has 84 valence electrons. The molecule has 0 saturated heterocycles. The monoisotopic (exact) mass is 217 g/mol. The minimum atomic E-state index is -0.567. The number of benzene rings is 1. The van der Waals surface area contributed by atoms with E-state index in [1.807, 2.05) is 12.1 Å². The number of nitrogens with two attached hydrogens (primary N) is 1. The molecule has 2 N–H and O–H groups in total. The lowest BCUT2D eigenvalue weighted by atomic mass is 10.0. The Labute approximate surface area is 94.9 Å². The molecule has 1 aromatic rings. The van der Waals surface area contributed by atoms with E-state index in [2.05, 4.69) is 22.9 Å². The third-order valence-electron chi connectivity index (χ3n) is 2.88. The van der Waals surface area contributed by atoms with Crippen molar-refractivity contribution in [3.8, 4) is 0 Å². The molecule has 0 aliphatic heterocycles. The predicted octanol–water partition coefficient (Wildman–Crippen LogP) is 1.52. The van der Waals surface area contributed by atoms with Crippen molar-refractivity contribution in [1.29, 1.82) is 0 Å². The van der Waals surface area contributed by atoms with Crippen LogP contribution in [0.2, 0.25) is 0 Å². The zero-order chi connectivity index (χ0) is 11.5. The van der Waals surface area contributed by atoms with Crippen LogP contribution >= 0.6 is 0 Å². The van der Waals surface area contributed by atoms with Crippen LogP contribution in [-0.2, 0) is 16.0 Å². The standard InChI is InChI=1S/C13H15NO2/c1-16-13(15)12(14)8-10-7-6-9-4-2-3-5-11(9)10/h2-5,7,12H,6,8,14H2,1H3. The van der Waals surface area contributed by atoms with Crippen molar-refractivity contribution in [1.82, 2.24) is 0 Å². The Morgan fingerprint density at radius 2 is 2.25 bits per heavy atom. The van der Waals surface area contributed by atoms with Crippen molar-refractivity contribution in [2.24, 2.45) is 5.73 Å². The molecule has 1 aromatic carbocycles. The van der Waals surface area contributed by atoms with Crippen molar-refractivity contribution in [2.45, 2.75) is 18.9 Å². The molecule has 0 spiro atoms. The maximum Gasteiger partial charge on any atom is 0.322 e. The van der Waals surface area contributed by atoms with E-state index in [1.54, 1.807) is 0 Å². The average Bonchev–Trinajstić information content (AvgIpc) is 2.72. The summed E-state index contributed by atoms with van der Waals surface area (Å²) in [5.41, 5.74) is 9.41. The highest BCUT2D eigenvalue weighted by atomic mass is 16.5. The molecule has 0 saturated carbocycles. The number of rotatable bonds is 3. The normalized spacial score (nSPS) is 15.2. The SMILES string of the molecule is COC(=O)C(N)CC1=CCc2ccccc21. The van der Waals surface area contributed by atoms with Crippen LogP contribution < -0.4 is 5.73 Å². The first-order valence-corrected chi connectivity index (χ1v) is 5.33. The predicted molar refractivity (Wildman–Crippen MR) is 62.7 cm³/mol. The first-order chi connectivity index (χ1) is 7.72. The summed E-state index contributed by atoms with van der Waals surface area (Å²) < 4.78 is 4.62. The lowest BCUT2D eigenvalue weighted by Crippen LogP contribution is -2.31. The summed E-state index contributed by atoms with van der Waals surface area (Å²) in [5.74, 6) is -0.356. The van der Waals surface area contributed by atoms with Gasteiger partial charge in [-0.3, -0.25) is 4.79 Å². The number of esters is 1. The van der Waals surface area contributed by atoms with Gasteiger partial charge in [0.1, 0.15) is 6.04 Å². The number of hydrogen-bond donors (Lipinski definition) is 1. The van der Waals surface area contributed by atoms with E-state index in [0.717, 1.165) is 12.0 Å². The van der Waals surface area contributed by atoms with Gasteiger partial charge >= 0.3 is 5.97 Å². The molecule has 1 aliphatic carbocycles. The van der Waals surface area contributed by atoms with E-state index in [1.165, 1.54) is 18.2 Å². The Morgan fingerprint density at radius 3 is 3.00 bits per heavy atom. The molecular weight excluding hydrogens is 202 g/mol. The fourth-order valence-corrected chi connectivity index (χ4v) is 2.02. The summed E-state index contributed by atoms with van der Waals surface area (Å²) >= 11 is 0. The van der Waals surface area contributed by atoms with Crippen molar-refractivity contribution in [3.63, 3.8) is 0 Å². The van der Waals surface area contributed by atoms with Gasteiger partial charge < -0.3 is 10.5 Å². The number of hydrogen-bond acceptors (Lipinski definition) is 3. The van der Waals surface area contributed by atoms with E-state index >= 15 is 0 Å². The van der Waals surface area contributed by atoms with Gasteiger partial charge in [0.05, 0.1) is 7.11 Å². The largest absolute Gasteiger partial charge is 0.468 e. The maximum absolute atomic E-state index is 11.2. The number of carbonyl (C=O) groups is 1. The smallest absolute Gasteiger partial charge is 0.322 e. The Hall–Kier alpha value is -1.61. The van der Waals surface area contributed by atoms with Crippen LogP contribution in [-0.4, -0.2) is 19.1 Å². The molecule has 1 atom stereocenters. The van der Waals surface area contributed by atoms with E-state index in [9.17, 15) is 4.79 Å². The van der Waals surface area contributed by atoms with Gasteiger partial charge in [-0.2, -0.15) is 0 Å². The van der Waals surface area contributed by atoms with Gasteiger partial charge in [-0.1, -0.05) is 30.3 Å². The molecule has 0 heterocycles. The van der Waals surface area contributed by atoms with Gasteiger partial charge in [0.2, 0.25) is 0 Å². The van der Waals surface area contributed by atoms with Crippen molar-refractivity contribution in [3.05, 3.63) is 41.5 Å². The zero-order valence-corrected chi connectivity index (χ0v) is 9.27. The van der Waals surface area contributed by atoms with E-state index in [-0.39, 0.29) is 5.97 Å². The molecule has 1 unspecified atom stereocenters. The Balaban J connectivity index is 2.11. The lowest BCUT2D eigenvalue weighted by Gasteiger charge is -2.11. The average molecular weight is 217 g/mol. The highest BCUT2D eigenvalue weighted by molar-refractivity contribution is 5.81. The van der Waals surface area contributed by atoms with Crippen LogP contribution in [0.4, 0.5) is 0 Å². The molecule has 0 bridgehead atoms. The van der Waals surface area contributed by atoms with E-state index < -0.39 is 6.04 Å². The quantitative estimate of drug-likeness (QED) is 0.781.